The molecule has 0 fully saturated rings. The summed E-state index contributed by atoms with van der Waals surface area (Å²) in [6.45, 7) is 1.10. The molecule has 0 radical (unpaired) electrons. The number of nitrogens with one attached hydrogen (secondary N) is 1. The number of nitrogens with zero attached hydrogens (tertiary/aromatic N) is 3. The topological polar surface area (TPSA) is 59.4 Å². The summed E-state index contributed by atoms with van der Waals surface area (Å²) in [7, 11) is 1.79. The summed E-state index contributed by atoms with van der Waals surface area (Å²) in [5.74, 6) is 0.848. The summed E-state index contributed by atoms with van der Waals surface area (Å²) in [5.41, 5.74) is 3.00. The van der Waals surface area contributed by atoms with Crippen molar-refractivity contribution in [1.29, 1.82) is 0 Å². The monoisotopic (exact) mass is 362 g/mol. The summed E-state index contributed by atoms with van der Waals surface area (Å²) < 4.78 is 7.48. The number of ether oxygens (including phenoxy) is 1. The lowest BCUT2D eigenvalue weighted by molar-refractivity contribution is 0.194. The molecule has 1 aliphatic heterocycles. The fourth-order valence-electron chi connectivity index (χ4n) is 3.26. The normalized spacial score (nSPS) is 15.5. The molecule has 0 aliphatic carbocycles. The van der Waals surface area contributed by atoms with Crippen LogP contribution in [0.1, 0.15) is 23.6 Å². The number of aromatic nitrogens is 2. The number of rotatable bonds is 4. The number of amides is 2. The van der Waals surface area contributed by atoms with Crippen molar-refractivity contribution in [3.05, 3.63) is 78.1 Å². The van der Waals surface area contributed by atoms with E-state index in [1.165, 1.54) is 0 Å². The molecule has 0 bridgehead atoms. The Labute approximate surface area is 158 Å². The third-order valence-corrected chi connectivity index (χ3v) is 4.68. The Morgan fingerprint density at radius 2 is 2.00 bits per heavy atom. The van der Waals surface area contributed by atoms with Gasteiger partial charge < -0.3 is 15.0 Å². The van der Waals surface area contributed by atoms with E-state index < -0.39 is 0 Å². The number of hydrogen-bond acceptors (Lipinski definition) is 3. The highest BCUT2D eigenvalue weighted by Gasteiger charge is 2.23. The number of para-hydroxylation sites is 2. The van der Waals surface area contributed by atoms with Crippen LogP contribution >= 0.6 is 0 Å². The first-order chi connectivity index (χ1) is 13.2. The Morgan fingerprint density at radius 3 is 2.85 bits per heavy atom. The van der Waals surface area contributed by atoms with E-state index in [1.807, 2.05) is 65.5 Å². The number of carbonyl (C=O) groups excluding carboxylic acids is 1. The molecule has 138 valence electrons. The smallest absolute Gasteiger partial charge is 0.317 e. The van der Waals surface area contributed by atoms with E-state index in [-0.39, 0.29) is 12.1 Å². The average molecular weight is 362 g/mol. The lowest BCUT2D eigenvalue weighted by Gasteiger charge is -2.28. The molecule has 1 unspecified atom stereocenters. The van der Waals surface area contributed by atoms with Crippen LogP contribution < -0.4 is 10.1 Å². The maximum Gasteiger partial charge on any atom is 0.317 e. The van der Waals surface area contributed by atoms with Gasteiger partial charge in [-0.25, -0.2) is 9.48 Å². The quantitative estimate of drug-likeness (QED) is 0.772. The number of benzene rings is 2. The molecule has 3 aromatic rings. The van der Waals surface area contributed by atoms with E-state index in [0.717, 1.165) is 29.0 Å². The molecule has 2 amide bonds. The molecule has 1 aliphatic rings. The number of fused-ring (bicyclic) bond motifs is 1. The van der Waals surface area contributed by atoms with Gasteiger partial charge in [0.1, 0.15) is 5.75 Å². The summed E-state index contributed by atoms with van der Waals surface area (Å²) >= 11 is 0. The minimum atomic E-state index is -0.107. The standard InChI is InChI=1S/C21H22N4O2/c1-24(14-16-13-22-25(15-16)17-7-3-2-4-8-17)21(26)23-19-11-12-27-20-10-6-5-9-18(19)20/h2-10,13,15,19H,11-12,14H2,1H3,(H,23,26). The summed E-state index contributed by atoms with van der Waals surface area (Å²) in [6, 6.07) is 17.6. The zero-order valence-electron chi connectivity index (χ0n) is 15.2. The number of carbonyl (C=O) groups is 1. The summed E-state index contributed by atoms with van der Waals surface area (Å²) in [4.78, 5) is 14.3. The Bertz CT molecular complexity index is 923. The fraction of sp³-hybridized carbons (Fsp3) is 0.238. The third kappa shape index (κ3) is 3.79. The van der Waals surface area contributed by atoms with Crippen molar-refractivity contribution in [3.8, 4) is 11.4 Å². The molecule has 0 saturated carbocycles. The minimum Gasteiger partial charge on any atom is -0.493 e. The van der Waals surface area contributed by atoms with Crippen molar-refractivity contribution >= 4 is 6.03 Å². The van der Waals surface area contributed by atoms with Gasteiger partial charge in [0.15, 0.2) is 0 Å². The minimum absolute atomic E-state index is 0.0306. The summed E-state index contributed by atoms with van der Waals surface area (Å²) in [5, 5.41) is 7.50. The van der Waals surface area contributed by atoms with Crippen molar-refractivity contribution in [3.63, 3.8) is 0 Å². The van der Waals surface area contributed by atoms with Crippen molar-refractivity contribution in [1.82, 2.24) is 20.0 Å². The molecule has 27 heavy (non-hydrogen) atoms. The van der Waals surface area contributed by atoms with Gasteiger partial charge in [0, 0.05) is 30.8 Å². The highest BCUT2D eigenvalue weighted by molar-refractivity contribution is 5.74. The Hall–Kier alpha value is -3.28. The lowest BCUT2D eigenvalue weighted by Crippen LogP contribution is -2.40. The van der Waals surface area contributed by atoms with E-state index in [4.69, 9.17) is 4.74 Å². The maximum absolute atomic E-state index is 12.6. The van der Waals surface area contributed by atoms with Gasteiger partial charge in [-0.05, 0) is 18.2 Å². The molecular weight excluding hydrogens is 340 g/mol. The molecule has 6 heteroatoms. The Balaban J connectivity index is 1.40. The first-order valence-corrected chi connectivity index (χ1v) is 9.03. The maximum atomic E-state index is 12.6. The third-order valence-electron chi connectivity index (χ3n) is 4.68. The molecule has 0 spiro atoms. The zero-order valence-corrected chi connectivity index (χ0v) is 15.2. The highest BCUT2D eigenvalue weighted by Crippen LogP contribution is 2.31. The van der Waals surface area contributed by atoms with Gasteiger partial charge >= 0.3 is 6.03 Å². The highest BCUT2D eigenvalue weighted by atomic mass is 16.5. The predicted molar refractivity (Wildman–Crippen MR) is 103 cm³/mol. The second-order valence-corrected chi connectivity index (χ2v) is 6.66. The van der Waals surface area contributed by atoms with E-state index in [2.05, 4.69) is 10.4 Å². The van der Waals surface area contributed by atoms with E-state index in [9.17, 15) is 4.79 Å². The molecule has 2 heterocycles. The van der Waals surface area contributed by atoms with Crippen LogP contribution in [0, 0.1) is 0 Å². The average Bonchev–Trinajstić information content (AvgIpc) is 3.17. The van der Waals surface area contributed by atoms with Crippen LogP contribution in [0.5, 0.6) is 5.75 Å². The van der Waals surface area contributed by atoms with Crippen molar-refractivity contribution in [2.45, 2.75) is 19.0 Å². The predicted octanol–water partition coefficient (Wildman–Crippen LogP) is 3.54. The molecule has 1 N–H and O–H groups in total. The molecule has 0 saturated heterocycles. The van der Waals surface area contributed by atoms with Gasteiger partial charge in [0.05, 0.1) is 31.1 Å². The van der Waals surface area contributed by atoms with E-state index in [1.54, 1.807) is 18.1 Å². The van der Waals surface area contributed by atoms with Crippen LogP contribution in [0.15, 0.2) is 67.0 Å². The fourth-order valence-corrected chi connectivity index (χ4v) is 3.26. The largest absolute Gasteiger partial charge is 0.493 e. The van der Waals surface area contributed by atoms with Gasteiger partial charge in [-0.3, -0.25) is 0 Å². The van der Waals surface area contributed by atoms with E-state index >= 15 is 0 Å². The Kier molecular flexibility index (Phi) is 4.78. The van der Waals surface area contributed by atoms with E-state index in [0.29, 0.717) is 13.2 Å². The van der Waals surface area contributed by atoms with Crippen molar-refractivity contribution < 1.29 is 9.53 Å². The zero-order chi connectivity index (χ0) is 18.6. The SMILES string of the molecule is CN(Cc1cnn(-c2ccccc2)c1)C(=O)NC1CCOc2ccccc21. The first kappa shape index (κ1) is 17.1. The van der Waals surface area contributed by atoms with Crippen LogP contribution in [-0.2, 0) is 6.54 Å². The van der Waals surface area contributed by atoms with Crippen LogP contribution in [0.3, 0.4) is 0 Å². The molecule has 2 aromatic carbocycles. The van der Waals surface area contributed by atoms with Crippen LogP contribution in [0.4, 0.5) is 4.79 Å². The summed E-state index contributed by atoms with van der Waals surface area (Å²) in [6.07, 6.45) is 4.51. The number of urea groups is 1. The second-order valence-electron chi connectivity index (χ2n) is 6.66. The van der Waals surface area contributed by atoms with Crippen molar-refractivity contribution in [2.24, 2.45) is 0 Å². The van der Waals surface area contributed by atoms with Crippen LogP contribution in [-0.4, -0.2) is 34.4 Å². The first-order valence-electron chi connectivity index (χ1n) is 9.03. The van der Waals surface area contributed by atoms with Gasteiger partial charge in [0.2, 0.25) is 0 Å². The van der Waals surface area contributed by atoms with Gasteiger partial charge in [-0.1, -0.05) is 36.4 Å². The number of hydrogen-bond donors (Lipinski definition) is 1. The van der Waals surface area contributed by atoms with Gasteiger partial charge in [-0.15, -0.1) is 0 Å². The molecular formula is C21H22N4O2. The lowest BCUT2D eigenvalue weighted by atomic mass is 10.0. The van der Waals surface area contributed by atoms with Crippen LogP contribution in [0.25, 0.3) is 5.69 Å². The van der Waals surface area contributed by atoms with Gasteiger partial charge in [-0.2, -0.15) is 5.10 Å². The molecule has 4 rings (SSSR count). The second kappa shape index (κ2) is 7.53. The van der Waals surface area contributed by atoms with Gasteiger partial charge in [0.25, 0.3) is 0 Å². The molecule has 6 nitrogen and oxygen atoms in total. The Morgan fingerprint density at radius 1 is 1.22 bits per heavy atom. The van der Waals surface area contributed by atoms with Crippen LogP contribution in [0.2, 0.25) is 0 Å². The molecule has 1 aromatic heterocycles. The van der Waals surface area contributed by atoms with Crippen molar-refractivity contribution in [2.75, 3.05) is 13.7 Å². The molecule has 1 atom stereocenters.